The first-order chi connectivity index (χ1) is 9.93. The van der Waals surface area contributed by atoms with Crippen molar-refractivity contribution in [2.75, 3.05) is 16.5 Å². The molecule has 0 saturated carbocycles. The van der Waals surface area contributed by atoms with Crippen molar-refractivity contribution in [3.05, 3.63) is 16.0 Å². The number of nitrogens with one attached hydrogen (secondary N) is 1. The number of halogens is 1. The maximum absolute atomic E-state index is 14.1. The van der Waals surface area contributed by atoms with Gasteiger partial charge in [0, 0.05) is 0 Å². The number of hydrogen-bond acceptors (Lipinski definition) is 5. The van der Waals surface area contributed by atoms with Gasteiger partial charge in [0.2, 0.25) is 0 Å². The van der Waals surface area contributed by atoms with Gasteiger partial charge in [-0.05, 0) is 19.1 Å². The molecule has 2 heterocycles. The predicted octanol–water partition coefficient (Wildman–Crippen LogP) is 0.760. The van der Waals surface area contributed by atoms with Gasteiger partial charge in [-0.1, -0.05) is 0 Å². The number of hydrazine groups is 1. The van der Waals surface area contributed by atoms with Crippen LogP contribution in [0, 0.1) is 5.82 Å². The number of carbonyl (C=O) groups excluding carboxylic acids is 1. The highest BCUT2D eigenvalue weighted by molar-refractivity contribution is 7.80. The van der Waals surface area contributed by atoms with Crippen LogP contribution in [-0.4, -0.2) is 23.9 Å². The SMILES string of the molecule is CC1COC(=O)N1c1c2c(c(F)c3c(=O)c13)N2NC(N)=S. The number of ether oxygens (including phenoxy) is 1. The van der Waals surface area contributed by atoms with E-state index in [1.807, 2.05) is 0 Å². The second kappa shape index (κ2) is 3.61. The summed E-state index contributed by atoms with van der Waals surface area (Å²) in [4.78, 5) is 25.0. The Morgan fingerprint density at radius 2 is 2.10 bits per heavy atom. The molecule has 0 aromatic heterocycles. The van der Waals surface area contributed by atoms with Crippen LogP contribution in [0.2, 0.25) is 0 Å². The summed E-state index contributed by atoms with van der Waals surface area (Å²) in [5.41, 5.74) is 8.56. The normalized spacial score (nSPS) is 20.1. The molecule has 1 unspecified atom stereocenters. The fourth-order valence-electron chi connectivity index (χ4n) is 2.71. The zero-order valence-corrected chi connectivity index (χ0v) is 11.6. The van der Waals surface area contributed by atoms with E-state index >= 15 is 0 Å². The Labute approximate surface area is 122 Å². The lowest BCUT2D eigenvalue weighted by Crippen LogP contribution is -2.36. The maximum atomic E-state index is 14.1. The number of amides is 1. The van der Waals surface area contributed by atoms with Crippen LogP contribution < -0.4 is 26.5 Å². The van der Waals surface area contributed by atoms with Crippen molar-refractivity contribution in [3.8, 4) is 0 Å². The topological polar surface area (TPSA) is 87.7 Å². The summed E-state index contributed by atoms with van der Waals surface area (Å²) in [5.74, 6) is -0.613. The Morgan fingerprint density at radius 1 is 1.38 bits per heavy atom. The minimum atomic E-state index is -0.613. The molecule has 21 heavy (non-hydrogen) atoms. The number of nitrogens with two attached hydrogens (primary N) is 1. The van der Waals surface area contributed by atoms with Crippen LogP contribution in [0.15, 0.2) is 4.79 Å². The van der Waals surface area contributed by atoms with E-state index < -0.39 is 11.9 Å². The molecule has 1 fully saturated rings. The largest absolute Gasteiger partial charge is 0.447 e. The van der Waals surface area contributed by atoms with Crippen LogP contribution >= 0.6 is 12.2 Å². The van der Waals surface area contributed by atoms with Crippen molar-refractivity contribution in [1.82, 2.24) is 5.43 Å². The van der Waals surface area contributed by atoms with E-state index in [1.54, 1.807) is 6.92 Å². The van der Waals surface area contributed by atoms with Gasteiger partial charge in [0.05, 0.1) is 22.5 Å². The molecule has 0 aliphatic carbocycles. The number of benzene rings is 1. The Hall–Kier alpha value is -2.42. The zero-order valence-electron chi connectivity index (χ0n) is 10.8. The first-order valence-electron chi connectivity index (χ1n) is 6.19. The molecule has 1 atom stereocenters. The molecule has 0 spiro atoms. The van der Waals surface area contributed by atoms with E-state index in [4.69, 9.17) is 22.7 Å². The van der Waals surface area contributed by atoms with Gasteiger partial charge in [-0.25, -0.2) is 14.2 Å². The molecule has 2 aromatic carbocycles. The van der Waals surface area contributed by atoms with E-state index in [9.17, 15) is 14.0 Å². The average molecular weight is 308 g/mol. The number of fused-ring (bicyclic) bond motifs is 2. The first-order valence-corrected chi connectivity index (χ1v) is 6.60. The molecular weight excluding hydrogens is 299 g/mol. The number of cyclic esters (lactones) is 1. The minimum absolute atomic E-state index is 0.0166. The molecule has 108 valence electrons. The maximum Gasteiger partial charge on any atom is 0.414 e. The Kier molecular flexibility index (Phi) is 2.12. The molecule has 1 amide bonds. The van der Waals surface area contributed by atoms with Crippen molar-refractivity contribution >= 4 is 51.3 Å². The van der Waals surface area contributed by atoms with Gasteiger partial charge in [0.15, 0.2) is 16.4 Å². The predicted molar refractivity (Wildman–Crippen MR) is 77.9 cm³/mol. The van der Waals surface area contributed by atoms with E-state index in [-0.39, 0.29) is 39.6 Å². The molecule has 2 aliphatic rings. The highest BCUT2D eigenvalue weighted by atomic mass is 32.1. The van der Waals surface area contributed by atoms with Crippen LogP contribution in [0.1, 0.15) is 6.92 Å². The van der Waals surface area contributed by atoms with Crippen LogP contribution in [-0.2, 0) is 4.74 Å². The summed E-state index contributed by atoms with van der Waals surface area (Å²) in [6, 6.07) is -0.239. The fourth-order valence-corrected chi connectivity index (χ4v) is 2.80. The number of nitrogens with zero attached hydrogens (tertiary/aromatic N) is 2. The zero-order chi connectivity index (χ0) is 15.0. The molecule has 1 saturated heterocycles. The molecule has 4 rings (SSSR count). The number of carbonyl (C=O) groups is 1. The van der Waals surface area contributed by atoms with Gasteiger partial charge < -0.3 is 10.5 Å². The van der Waals surface area contributed by atoms with Crippen LogP contribution in [0.5, 0.6) is 0 Å². The fraction of sp³-hybridized carbons (Fsp3) is 0.250. The molecule has 3 N–H and O–H groups in total. The third-order valence-corrected chi connectivity index (χ3v) is 3.79. The Morgan fingerprint density at radius 3 is 2.67 bits per heavy atom. The quantitative estimate of drug-likeness (QED) is 0.625. The van der Waals surface area contributed by atoms with Gasteiger partial charge in [-0.3, -0.25) is 15.1 Å². The first kappa shape index (κ1) is 12.3. The summed E-state index contributed by atoms with van der Waals surface area (Å²) >= 11 is 4.73. The van der Waals surface area contributed by atoms with Crippen LogP contribution in [0.4, 0.5) is 26.2 Å². The third-order valence-electron chi connectivity index (χ3n) is 3.70. The van der Waals surface area contributed by atoms with Crippen molar-refractivity contribution < 1.29 is 13.9 Å². The lowest BCUT2D eigenvalue weighted by atomic mass is 10.2. The van der Waals surface area contributed by atoms with E-state index in [2.05, 4.69) is 5.43 Å². The smallest absolute Gasteiger partial charge is 0.414 e. The van der Waals surface area contributed by atoms with Crippen LogP contribution in [0.3, 0.4) is 0 Å². The second-order valence-electron chi connectivity index (χ2n) is 5.05. The molecule has 2 aliphatic heterocycles. The summed E-state index contributed by atoms with van der Waals surface area (Å²) < 4.78 is 19.1. The van der Waals surface area contributed by atoms with E-state index in [0.29, 0.717) is 11.4 Å². The van der Waals surface area contributed by atoms with Gasteiger partial charge in [0.25, 0.3) is 0 Å². The number of thiocarbonyl (C=S) groups is 1. The summed E-state index contributed by atoms with van der Waals surface area (Å²) in [6.07, 6.45) is -0.555. The highest BCUT2D eigenvalue weighted by Gasteiger charge is 2.49. The number of anilines is 3. The second-order valence-corrected chi connectivity index (χ2v) is 5.49. The highest BCUT2D eigenvalue weighted by Crippen LogP contribution is 2.59. The molecule has 2 aromatic rings. The van der Waals surface area contributed by atoms with Gasteiger partial charge in [0.1, 0.15) is 18.0 Å². The van der Waals surface area contributed by atoms with Crippen molar-refractivity contribution in [1.29, 1.82) is 0 Å². The summed E-state index contributed by atoms with van der Waals surface area (Å²) in [6.45, 7) is 2.00. The number of rotatable bonds is 2. The van der Waals surface area contributed by atoms with Gasteiger partial charge >= 0.3 is 6.09 Å². The average Bonchev–Trinajstić information content (AvgIpc) is 3.24. The lowest BCUT2D eigenvalue weighted by molar-refractivity contribution is 0.179. The van der Waals surface area contributed by atoms with Gasteiger partial charge in [-0.15, -0.1) is 0 Å². The standard InChI is InChI=1S/C12H9FN4O3S/c1-3-2-20-12(19)16(3)7-5-4(10(5)18)6(13)8-9(7)17(8)15-11(14)21/h3H,2H2,1H3,(H3,14,15,21). The molecule has 9 heteroatoms. The molecule has 0 radical (unpaired) electrons. The number of hydrogen-bond donors (Lipinski definition) is 2. The van der Waals surface area contributed by atoms with E-state index in [1.165, 1.54) is 9.91 Å². The molecule has 7 nitrogen and oxygen atoms in total. The minimum Gasteiger partial charge on any atom is -0.447 e. The summed E-state index contributed by atoms with van der Waals surface area (Å²) in [7, 11) is 0. The monoisotopic (exact) mass is 308 g/mol. The Balaban J connectivity index is 1.89. The van der Waals surface area contributed by atoms with Crippen LogP contribution in [0.25, 0.3) is 10.8 Å². The van der Waals surface area contributed by atoms with Crippen molar-refractivity contribution in [2.24, 2.45) is 5.73 Å². The third kappa shape index (κ3) is 1.43. The van der Waals surface area contributed by atoms with Gasteiger partial charge in [-0.2, -0.15) is 0 Å². The summed E-state index contributed by atoms with van der Waals surface area (Å²) in [5, 5.41) is 1.54. The lowest BCUT2D eigenvalue weighted by Gasteiger charge is -2.17. The molecule has 0 bridgehead atoms. The van der Waals surface area contributed by atoms with Crippen molar-refractivity contribution in [2.45, 2.75) is 13.0 Å². The van der Waals surface area contributed by atoms with E-state index in [0.717, 1.165) is 0 Å². The molecular formula is C12H9FN4O3S. The van der Waals surface area contributed by atoms with Crippen molar-refractivity contribution in [3.63, 3.8) is 0 Å². The Bertz CT molecular complexity index is 857.